The number of urea groups is 1. The third-order valence-electron chi connectivity index (χ3n) is 13.9. The molecule has 67 heavy (non-hydrogen) atoms. The zero-order valence-electron chi connectivity index (χ0n) is 36.8. The molecule has 1 atom stereocenters. The number of likely N-dealkylation sites (tertiary alicyclic amines) is 1. The average molecular weight is 938 g/mol. The molecule has 21 heteroatoms. The largest absolute Gasteiger partial charge is 0.453 e. The fourth-order valence-electron chi connectivity index (χ4n) is 10.0. The van der Waals surface area contributed by atoms with Gasteiger partial charge in [-0.1, -0.05) is 0 Å². The molecule has 3 N–H and O–H groups in total. The van der Waals surface area contributed by atoms with Gasteiger partial charge in [0.05, 0.1) is 64.4 Å². The van der Waals surface area contributed by atoms with E-state index in [1.165, 1.54) is 47.6 Å². The second-order valence-corrected chi connectivity index (χ2v) is 19.0. The Hall–Kier alpha value is -6.34. The standard InChI is InChI=1S/C46H49F2N11O7S/c1-54-37-22-38(34(48)21-31(37)42(52-54)58-15-8-39(60)51-44(58)63)55-16-9-45(64,10-17-55)24-40(61)56-18-11-46(12-19-56)23-28(26-65-46)59-27-50-35-6-4-29(20-30(35)43(59)62)66-41-32(25-49)36(7-5-33(41)47)53-67-57-13-2-3-14-57/h4-7,20-22,27-28,53,64H,2-3,8-19,23-24,26H2,1H3,(H,51,60,63). The van der Waals surface area contributed by atoms with E-state index in [1.54, 1.807) is 39.4 Å². The van der Waals surface area contributed by atoms with E-state index < -0.39 is 28.9 Å². The lowest BCUT2D eigenvalue weighted by Crippen LogP contribution is -2.51. The number of amides is 4. The molecular weight excluding hydrogens is 889 g/mol. The van der Waals surface area contributed by atoms with Crippen LogP contribution >= 0.6 is 12.1 Å². The quantitative estimate of drug-likeness (QED) is 0.148. The second kappa shape index (κ2) is 17.7. The van der Waals surface area contributed by atoms with Gasteiger partial charge in [0.25, 0.3) is 5.56 Å². The molecule has 18 nitrogen and oxygen atoms in total. The number of piperidine rings is 2. The molecule has 0 bridgehead atoms. The van der Waals surface area contributed by atoms with Crippen molar-refractivity contribution in [2.45, 2.75) is 75.0 Å². The Bertz CT molecular complexity index is 2900. The normalized spacial score (nSPS) is 20.8. The summed E-state index contributed by atoms with van der Waals surface area (Å²) >= 11 is 1.36. The van der Waals surface area contributed by atoms with E-state index in [4.69, 9.17) is 9.47 Å². The molecule has 5 fully saturated rings. The Labute approximate surface area is 387 Å². The fourth-order valence-corrected chi connectivity index (χ4v) is 10.8. The maximum absolute atomic E-state index is 15.7. The summed E-state index contributed by atoms with van der Waals surface area (Å²) in [6.45, 7) is 3.69. The van der Waals surface area contributed by atoms with E-state index in [1.807, 2.05) is 4.90 Å². The van der Waals surface area contributed by atoms with Gasteiger partial charge in [-0.05, 0) is 87.4 Å². The number of hydrogen-bond donors (Lipinski definition) is 3. The Kier molecular flexibility index (Phi) is 11.8. The third kappa shape index (κ3) is 8.62. The Morgan fingerprint density at radius 2 is 1.78 bits per heavy atom. The van der Waals surface area contributed by atoms with Gasteiger partial charge in [-0.25, -0.2) is 22.9 Å². The highest BCUT2D eigenvalue weighted by Crippen LogP contribution is 2.42. The zero-order chi connectivity index (χ0) is 46.6. The predicted molar refractivity (Wildman–Crippen MR) is 245 cm³/mol. The van der Waals surface area contributed by atoms with Gasteiger partial charge in [0.1, 0.15) is 23.2 Å². The number of aryl methyl sites for hydroxylation is 1. The average Bonchev–Trinajstić information content (AvgIpc) is 4.07. The summed E-state index contributed by atoms with van der Waals surface area (Å²) in [5.74, 6) is -1.58. The summed E-state index contributed by atoms with van der Waals surface area (Å²) < 4.78 is 51.7. The highest BCUT2D eigenvalue weighted by atomic mass is 32.2. The third-order valence-corrected chi connectivity index (χ3v) is 14.8. The SMILES string of the molecule is Cn1nc(N2CCC(=O)NC2=O)c2cc(F)c(N3CCC(O)(CC(=O)N4CCC5(CC4)CC(n4cnc6ccc(Oc7c(F)ccc(NSN8CCCC8)c7C#N)cc6c4=O)CO5)CC3)cc21. The highest BCUT2D eigenvalue weighted by Gasteiger charge is 2.45. The van der Waals surface area contributed by atoms with Crippen molar-refractivity contribution in [3.05, 3.63) is 76.3 Å². The van der Waals surface area contributed by atoms with Gasteiger partial charge < -0.3 is 29.1 Å². The molecule has 0 aliphatic carbocycles. The van der Waals surface area contributed by atoms with Crippen LogP contribution < -0.4 is 30.1 Å². The maximum Gasteiger partial charge on any atom is 0.329 e. The number of aromatic nitrogens is 4. The van der Waals surface area contributed by atoms with Crippen LogP contribution in [0.2, 0.25) is 0 Å². The van der Waals surface area contributed by atoms with Crippen molar-refractivity contribution in [2.24, 2.45) is 7.05 Å². The lowest BCUT2D eigenvalue weighted by atomic mass is 9.85. The summed E-state index contributed by atoms with van der Waals surface area (Å²) in [4.78, 5) is 61.3. The zero-order valence-corrected chi connectivity index (χ0v) is 37.6. The molecule has 1 unspecified atom stereocenters. The summed E-state index contributed by atoms with van der Waals surface area (Å²) in [6.07, 6.45) is 5.84. The molecule has 3 aromatic carbocycles. The maximum atomic E-state index is 15.7. The van der Waals surface area contributed by atoms with Crippen LogP contribution in [0.3, 0.4) is 0 Å². The van der Waals surface area contributed by atoms with E-state index in [9.17, 15) is 29.5 Å². The lowest BCUT2D eigenvalue weighted by molar-refractivity contribution is -0.142. The number of nitrogens with one attached hydrogen (secondary N) is 2. The number of ether oxygens (including phenoxy) is 2. The number of benzene rings is 3. The minimum Gasteiger partial charge on any atom is -0.453 e. The number of nitrogens with zero attached hydrogens (tertiary/aromatic N) is 9. The molecule has 5 aliphatic heterocycles. The van der Waals surface area contributed by atoms with Gasteiger partial charge in [-0.15, -0.1) is 0 Å². The summed E-state index contributed by atoms with van der Waals surface area (Å²) in [6, 6.07) is 11.6. The summed E-state index contributed by atoms with van der Waals surface area (Å²) in [7, 11) is 1.70. The van der Waals surface area contributed by atoms with Crippen molar-refractivity contribution < 1.29 is 37.7 Å². The van der Waals surface area contributed by atoms with E-state index in [-0.39, 0.29) is 90.5 Å². The number of imide groups is 1. The number of carbonyl (C=O) groups is 3. The van der Waals surface area contributed by atoms with Crippen LogP contribution in [0, 0.1) is 23.0 Å². The lowest BCUT2D eigenvalue weighted by Gasteiger charge is -2.42. The van der Waals surface area contributed by atoms with Crippen LogP contribution in [0.5, 0.6) is 11.5 Å². The fraction of sp³-hybridized carbons (Fsp3) is 0.457. The van der Waals surface area contributed by atoms with Gasteiger partial charge in [-0.3, -0.25) is 33.8 Å². The molecule has 5 aliphatic rings. The van der Waals surface area contributed by atoms with Crippen LogP contribution in [-0.4, -0.2) is 115 Å². The minimum atomic E-state index is -1.27. The number of anilines is 3. The van der Waals surface area contributed by atoms with Gasteiger partial charge in [-0.2, -0.15) is 10.4 Å². The van der Waals surface area contributed by atoms with Crippen molar-refractivity contribution >= 4 is 69.0 Å². The highest BCUT2D eigenvalue weighted by molar-refractivity contribution is 7.98. The first-order valence-corrected chi connectivity index (χ1v) is 23.3. The van der Waals surface area contributed by atoms with E-state index >= 15 is 8.78 Å². The second-order valence-electron chi connectivity index (χ2n) is 18.1. The van der Waals surface area contributed by atoms with E-state index in [2.05, 4.69) is 30.5 Å². The number of fused-ring (bicyclic) bond motifs is 2. The monoisotopic (exact) mass is 937 g/mol. The van der Waals surface area contributed by atoms with Crippen molar-refractivity contribution in [3.63, 3.8) is 0 Å². The predicted octanol–water partition coefficient (Wildman–Crippen LogP) is 5.49. The molecule has 0 radical (unpaired) electrons. The molecule has 10 rings (SSSR count). The van der Waals surface area contributed by atoms with Crippen molar-refractivity contribution in [1.82, 2.24) is 33.9 Å². The molecule has 4 amide bonds. The van der Waals surface area contributed by atoms with Gasteiger partial charge in [0, 0.05) is 76.8 Å². The minimum absolute atomic E-state index is 0.00670. The first-order valence-electron chi connectivity index (χ1n) is 22.6. The van der Waals surface area contributed by atoms with Gasteiger partial charge in [0.2, 0.25) is 11.8 Å². The number of aliphatic hydroxyl groups is 1. The van der Waals surface area contributed by atoms with Crippen LogP contribution in [0.25, 0.3) is 21.8 Å². The summed E-state index contributed by atoms with van der Waals surface area (Å²) in [5.41, 5.74) is -0.364. The number of nitriles is 1. The number of carbonyl (C=O) groups excluding carboxylic acids is 3. The van der Waals surface area contributed by atoms with Crippen LogP contribution in [0.15, 0.2) is 53.6 Å². The van der Waals surface area contributed by atoms with Crippen molar-refractivity contribution in [2.75, 3.05) is 66.9 Å². The Morgan fingerprint density at radius 1 is 1.00 bits per heavy atom. The smallest absolute Gasteiger partial charge is 0.329 e. The van der Waals surface area contributed by atoms with E-state index in [0.29, 0.717) is 73.2 Å². The van der Waals surface area contributed by atoms with Crippen LogP contribution in [0.4, 0.5) is 30.8 Å². The molecule has 5 saturated heterocycles. The first-order chi connectivity index (χ1) is 32.3. The van der Waals surface area contributed by atoms with Crippen molar-refractivity contribution in [1.29, 1.82) is 5.26 Å². The molecule has 5 aromatic rings. The number of rotatable bonds is 10. The summed E-state index contributed by atoms with van der Waals surface area (Å²) in [5, 5.41) is 29.1. The number of hydrogen-bond acceptors (Lipinski definition) is 14. The van der Waals surface area contributed by atoms with Crippen molar-refractivity contribution in [3.8, 4) is 17.6 Å². The molecular formula is C46H49F2N11O7S. The van der Waals surface area contributed by atoms with Gasteiger partial charge in [0.15, 0.2) is 17.4 Å². The topological polar surface area (TPSA) is 203 Å². The Balaban J connectivity index is 0.748. The first kappa shape index (κ1) is 44.5. The van der Waals surface area contributed by atoms with Crippen LogP contribution in [-0.2, 0) is 21.4 Å². The molecule has 0 saturated carbocycles. The van der Waals surface area contributed by atoms with Gasteiger partial charge >= 0.3 is 6.03 Å². The molecule has 7 heterocycles. The molecule has 350 valence electrons. The van der Waals surface area contributed by atoms with Crippen LogP contribution in [0.1, 0.15) is 69.4 Å². The number of halogens is 2. The molecule has 2 aromatic heterocycles. The Morgan fingerprint density at radius 3 is 2.52 bits per heavy atom. The molecule has 1 spiro atoms. The van der Waals surface area contributed by atoms with E-state index in [0.717, 1.165) is 25.9 Å².